The van der Waals surface area contributed by atoms with Gasteiger partial charge in [0.25, 0.3) is 0 Å². The number of hydrogen-bond acceptors (Lipinski definition) is 11. The van der Waals surface area contributed by atoms with Crippen LogP contribution in [0.2, 0.25) is 0 Å². The third kappa shape index (κ3) is 6.25. The van der Waals surface area contributed by atoms with Gasteiger partial charge in [0, 0.05) is 53.0 Å². The van der Waals surface area contributed by atoms with Gasteiger partial charge in [-0.05, 0) is 18.2 Å². The first-order chi connectivity index (χ1) is 21.3. The van der Waals surface area contributed by atoms with Crippen molar-refractivity contribution >= 4 is 29.8 Å². The second kappa shape index (κ2) is 12.7. The zero-order valence-electron chi connectivity index (χ0n) is 23.8. The SMILES string of the molecule is O.O=C(O)CN(CC(=O)O)Cc1cc2c(cc1O)Oc1cc(O)c(CN(CC(=O)O)CC(=O)O)cc1C21OC(=O)c2ccccc21. The minimum atomic E-state index is -1.75. The second-order valence-corrected chi connectivity index (χ2v) is 10.5. The van der Waals surface area contributed by atoms with Gasteiger partial charge in [-0.1, -0.05) is 18.2 Å². The average Bonchev–Trinajstić information content (AvgIpc) is 3.22. The summed E-state index contributed by atoms with van der Waals surface area (Å²) in [5, 5.41) is 59.0. The van der Waals surface area contributed by atoms with Gasteiger partial charge >= 0.3 is 29.8 Å². The van der Waals surface area contributed by atoms with Gasteiger partial charge in [0.05, 0.1) is 31.7 Å². The van der Waals surface area contributed by atoms with Crippen molar-refractivity contribution in [3.8, 4) is 23.0 Å². The molecule has 0 radical (unpaired) electrons. The number of benzene rings is 3. The van der Waals surface area contributed by atoms with Crippen LogP contribution < -0.4 is 4.74 Å². The number of carbonyl (C=O) groups excluding carboxylic acids is 1. The third-order valence-electron chi connectivity index (χ3n) is 7.34. The number of carbonyl (C=O) groups is 5. The van der Waals surface area contributed by atoms with Crippen molar-refractivity contribution in [1.29, 1.82) is 0 Å². The molecular weight excluding hydrogens is 612 g/mol. The molecule has 8 N–H and O–H groups in total. The predicted octanol–water partition coefficient (Wildman–Crippen LogP) is 0.784. The Labute approximate surface area is 259 Å². The number of esters is 1. The number of ether oxygens (including phenoxy) is 2. The molecule has 2 aliphatic heterocycles. The summed E-state index contributed by atoms with van der Waals surface area (Å²) in [4.78, 5) is 61.0. The van der Waals surface area contributed by atoms with E-state index < -0.39 is 61.6 Å². The second-order valence-electron chi connectivity index (χ2n) is 10.5. The molecule has 16 nitrogen and oxygen atoms in total. The largest absolute Gasteiger partial charge is 0.507 e. The molecule has 0 fully saturated rings. The van der Waals surface area contributed by atoms with Crippen LogP contribution in [0.5, 0.6) is 23.0 Å². The Morgan fingerprint density at radius 2 is 1.07 bits per heavy atom. The smallest absolute Gasteiger partial charge is 0.340 e. The van der Waals surface area contributed by atoms with E-state index in [2.05, 4.69) is 0 Å². The summed E-state index contributed by atoms with van der Waals surface area (Å²) in [7, 11) is 0. The number of carboxylic acid groups (broad SMARTS) is 4. The molecular formula is C30H28N2O14. The van der Waals surface area contributed by atoms with Crippen molar-refractivity contribution in [3.63, 3.8) is 0 Å². The van der Waals surface area contributed by atoms with Gasteiger partial charge in [0.15, 0.2) is 5.60 Å². The summed E-state index contributed by atoms with van der Waals surface area (Å²) in [6, 6.07) is 11.7. The molecule has 0 saturated carbocycles. The number of fused-ring (bicyclic) bond motifs is 6. The van der Waals surface area contributed by atoms with Gasteiger partial charge in [-0.2, -0.15) is 0 Å². The number of aliphatic carboxylic acids is 4. The topological polar surface area (TPSA) is 263 Å². The molecule has 242 valence electrons. The van der Waals surface area contributed by atoms with E-state index in [4.69, 9.17) is 9.47 Å². The lowest BCUT2D eigenvalue weighted by atomic mass is 9.76. The van der Waals surface area contributed by atoms with Crippen molar-refractivity contribution in [2.45, 2.75) is 18.7 Å². The fourth-order valence-corrected chi connectivity index (χ4v) is 5.66. The molecule has 0 unspecified atom stereocenters. The Kier molecular flexibility index (Phi) is 9.18. The molecule has 0 bridgehead atoms. The van der Waals surface area contributed by atoms with E-state index in [1.807, 2.05) is 0 Å². The molecule has 0 aliphatic carbocycles. The standard InChI is InChI=1S/C30H26N2O13.H2O/c33-21-7-23-19(5-15(21)9-31(11-25(35)36)12-26(37)38)30(18-4-2-1-3-17(18)29(43)45-30)20-6-16(22(34)8-24(20)44-23)10-32(13-27(39)40)14-28(41)42;/h1-8,33-34H,9-14H2,(H,35,36)(H,37,38)(H,39,40)(H,41,42);1H2. The molecule has 3 aromatic rings. The lowest BCUT2D eigenvalue weighted by Gasteiger charge is -2.37. The minimum Gasteiger partial charge on any atom is -0.507 e. The monoisotopic (exact) mass is 640 g/mol. The molecule has 2 aliphatic rings. The summed E-state index contributed by atoms with van der Waals surface area (Å²) in [5.41, 5.74) is -0.636. The molecule has 2 heterocycles. The maximum atomic E-state index is 13.3. The number of phenolic OH excluding ortho intramolecular Hbond substituents is 2. The van der Waals surface area contributed by atoms with Gasteiger partial charge in [-0.25, -0.2) is 4.79 Å². The molecule has 3 aromatic carbocycles. The van der Waals surface area contributed by atoms with Crippen LogP contribution in [-0.2, 0) is 42.6 Å². The molecule has 1 spiro atoms. The van der Waals surface area contributed by atoms with Crippen molar-refractivity contribution in [2.75, 3.05) is 26.2 Å². The van der Waals surface area contributed by atoms with Crippen molar-refractivity contribution in [3.05, 3.63) is 81.9 Å². The quantitative estimate of drug-likeness (QED) is 0.149. The van der Waals surface area contributed by atoms with Gasteiger partial charge in [-0.3, -0.25) is 29.0 Å². The van der Waals surface area contributed by atoms with Crippen LogP contribution >= 0.6 is 0 Å². The molecule has 46 heavy (non-hydrogen) atoms. The van der Waals surface area contributed by atoms with Crippen molar-refractivity contribution in [1.82, 2.24) is 9.80 Å². The maximum Gasteiger partial charge on any atom is 0.340 e. The number of phenols is 2. The van der Waals surface area contributed by atoms with Gasteiger partial charge < -0.3 is 45.6 Å². The van der Waals surface area contributed by atoms with Crippen molar-refractivity contribution in [2.24, 2.45) is 0 Å². The number of nitrogens with zero attached hydrogens (tertiary/aromatic N) is 2. The minimum absolute atomic E-state index is 0. The molecule has 0 aromatic heterocycles. The molecule has 0 atom stereocenters. The Morgan fingerprint density at radius 1 is 0.652 bits per heavy atom. The normalized spacial score (nSPS) is 13.7. The van der Waals surface area contributed by atoms with E-state index in [1.54, 1.807) is 18.2 Å². The first-order valence-corrected chi connectivity index (χ1v) is 13.3. The van der Waals surface area contributed by atoms with Crippen LogP contribution in [0.4, 0.5) is 0 Å². The molecule has 0 saturated heterocycles. The number of hydrogen-bond donors (Lipinski definition) is 6. The summed E-state index contributed by atoms with van der Waals surface area (Å²) in [6.07, 6.45) is 0. The summed E-state index contributed by atoms with van der Waals surface area (Å²) < 4.78 is 12.1. The van der Waals surface area contributed by atoms with Gasteiger partial charge in [0.2, 0.25) is 0 Å². The highest BCUT2D eigenvalue weighted by Crippen LogP contribution is 2.58. The van der Waals surface area contributed by atoms with Gasteiger partial charge in [-0.15, -0.1) is 0 Å². The van der Waals surface area contributed by atoms with Crippen molar-refractivity contribution < 1.29 is 69.6 Å². The zero-order chi connectivity index (χ0) is 32.6. The van der Waals surface area contributed by atoms with Crippen LogP contribution in [0.15, 0.2) is 48.5 Å². The lowest BCUT2D eigenvalue weighted by molar-refractivity contribution is -0.144. The van der Waals surface area contributed by atoms with Gasteiger partial charge in [0.1, 0.15) is 23.0 Å². The van der Waals surface area contributed by atoms with E-state index >= 15 is 0 Å². The summed E-state index contributed by atoms with van der Waals surface area (Å²) in [5.74, 6) is -6.62. The third-order valence-corrected chi connectivity index (χ3v) is 7.34. The van der Waals surface area contributed by atoms with Crippen LogP contribution in [-0.4, -0.2) is 102 Å². The fourth-order valence-electron chi connectivity index (χ4n) is 5.66. The van der Waals surface area contributed by atoms with Crippen LogP contribution in [0.1, 0.15) is 38.2 Å². The number of rotatable bonds is 12. The van der Waals surface area contributed by atoms with E-state index in [-0.39, 0.29) is 69.4 Å². The highest BCUT2D eigenvalue weighted by atomic mass is 16.6. The highest BCUT2D eigenvalue weighted by molar-refractivity contribution is 5.97. The Hall–Kier alpha value is -5.71. The zero-order valence-corrected chi connectivity index (χ0v) is 23.8. The Bertz CT molecular complexity index is 1630. The molecule has 5 rings (SSSR count). The molecule has 0 amide bonds. The number of carboxylic acids is 4. The summed E-state index contributed by atoms with van der Waals surface area (Å²) in [6.45, 7) is -3.27. The summed E-state index contributed by atoms with van der Waals surface area (Å²) >= 11 is 0. The van der Waals surface area contributed by atoms with E-state index in [1.165, 1.54) is 30.3 Å². The first-order valence-electron chi connectivity index (χ1n) is 13.3. The van der Waals surface area contributed by atoms with Crippen LogP contribution in [0, 0.1) is 0 Å². The first kappa shape index (κ1) is 33.2. The van der Waals surface area contributed by atoms with Crippen LogP contribution in [0.25, 0.3) is 0 Å². The van der Waals surface area contributed by atoms with E-state index in [0.29, 0.717) is 5.56 Å². The Morgan fingerprint density at radius 3 is 1.48 bits per heavy atom. The Balaban J connectivity index is 0.00000480. The highest BCUT2D eigenvalue weighted by Gasteiger charge is 2.54. The average molecular weight is 641 g/mol. The lowest BCUT2D eigenvalue weighted by Crippen LogP contribution is -2.36. The maximum absolute atomic E-state index is 13.3. The molecule has 16 heteroatoms. The van der Waals surface area contributed by atoms with Crippen LogP contribution in [0.3, 0.4) is 0 Å². The number of aromatic hydroxyl groups is 2. The predicted molar refractivity (Wildman–Crippen MR) is 153 cm³/mol. The van der Waals surface area contributed by atoms with E-state index in [0.717, 1.165) is 9.80 Å². The van der Waals surface area contributed by atoms with E-state index in [9.17, 15) is 54.6 Å². The fraction of sp³-hybridized carbons (Fsp3) is 0.233.